The molecule has 4 nitrogen and oxygen atoms in total. The molecule has 96 valence electrons. The molecule has 0 radical (unpaired) electrons. The van der Waals surface area contributed by atoms with Crippen LogP contribution in [-0.4, -0.2) is 12.8 Å². The van der Waals surface area contributed by atoms with Crippen LogP contribution in [0.3, 0.4) is 0 Å². The Balaban J connectivity index is 2.16. The van der Waals surface area contributed by atoms with Crippen molar-refractivity contribution in [1.82, 2.24) is 0 Å². The highest BCUT2D eigenvalue weighted by atomic mass is 16.6. The van der Waals surface area contributed by atoms with Gasteiger partial charge >= 0.3 is 0 Å². The number of hydrogen-bond acceptors (Lipinski definition) is 3. The molecular formula is C14H15BN2O2. The number of benzene rings is 2. The predicted octanol–water partition coefficient (Wildman–Crippen LogP) is 1.77. The first-order chi connectivity index (χ1) is 9.06. The van der Waals surface area contributed by atoms with Gasteiger partial charge in [0.1, 0.15) is 13.5 Å². The fraction of sp³-hybridized carbons (Fsp3) is 0.143. The van der Waals surface area contributed by atoms with Crippen molar-refractivity contribution in [3.8, 4) is 0 Å². The van der Waals surface area contributed by atoms with E-state index in [1.54, 1.807) is 12.1 Å². The van der Waals surface area contributed by atoms with Gasteiger partial charge in [-0.3, -0.25) is 10.1 Å². The molecule has 19 heavy (non-hydrogen) atoms. The van der Waals surface area contributed by atoms with Crippen molar-refractivity contribution < 1.29 is 4.92 Å². The average molecular weight is 254 g/mol. The molecule has 0 atom stereocenters. The van der Waals surface area contributed by atoms with E-state index in [1.807, 2.05) is 39.0 Å². The van der Waals surface area contributed by atoms with Crippen molar-refractivity contribution in [1.29, 1.82) is 0 Å². The molecule has 0 aliphatic rings. The number of nitrogens with one attached hydrogen (secondary N) is 1. The molecule has 2 aromatic rings. The highest BCUT2D eigenvalue weighted by molar-refractivity contribution is 6.32. The van der Waals surface area contributed by atoms with Crippen LogP contribution in [0.4, 0.5) is 11.4 Å². The summed E-state index contributed by atoms with van der Waals surface area (Å²) in [7, 11) is 2.03. The zero-order valence-corrected chi connectivity index (χ0v) is 11.0. The Labute approximate surface area is 113 Å². The summed E-state index contributed by atoms with van der Waals surface area (Å²) in [5.74, 6) is 0. The van der Waals surface area contributed by atoms with Crippen LogP contribution in [0.5, 0.6) is 0 Å². The summed E-state index contributed by atoms with van der Waals surface area (Å²) in [4.78, 5) is 10.6. The molecule has 2 rings (SSSR count). The van der Waals surface area contributed by atoms with Crippen LogP contribution in [0, 0.1) is 17.0 Å². The molecule has 0 saturated carbocycles. The van der Waals surface area contributed by atoms with Crippen molar-refractivity contribution in [2.45, 2.75) is 13.5 Å². The number of hydrogen-bond donors (Lipinski definition) is 1. The molecule has 0 bridgehead atoms. The van der Waals surface area contributed by atoms with Gasteiger partial charge in [-0.05, 0) is 24.1 Å². The van der Waals surface area contributed by atoms with Crippen molar-refractivity contribution in [3.63, 3.8) is 0 Å². The minimum atomic E-state index is -0.364. The minimum absolute atomic E-state index is 0.109. The van der Waals surface area contributed by atoms with E-state index in [-0.39, 0.29) is 10.6 Å². The average Bonchev–Trinajstić information content (AvgIpc) is 2.38. The fourth-order valence-electron chi connectivity index (χ4n) is 1.85. The Morgan fingerprint density at radius 1 is 1.21 bits per heavy atom. The fourth-order valence-corrected chi connectivity index (χ4v) is 1.85. The molecule has 1 N–H and O–H groups in total. The first kappa shape index (κ1) is 13.1. The Kier molecular flexibility index (Phi) is 3.85. The third-order valence-electron chi connectivity index (χ3n) is 2.95. The normalized spacial score (nSPS) is 10.2. The van der Waals surface area contributed by atoms with Crippen LogP contribution < -0.4 is 10.8 Å². The van der Waals surface area contributed by atoms with Crippen molar-refractivity contribution in [2.75, 3.05) is 5.32 Å². The summed E-state index contributed by atoms with van der Waals surface area (Å²) in [5.41, 5.74) is 3.96. The van der Waals surface area contributed by atoms with Crippen LogP contribution in [0.2, 0.25) is 0 Å². The smallest absolute Gasteiger partial charge is 0.292 e. The Morgan fingerprint density at radius 2 is 1.89 bits per heavy atom. The molecule has 0 fully saturated rings. The Hall–Kier alpha value is -2.30. The lowest BCUT2D eigenvalue weighted by Crippen LogP contribution is -2.05. The summed E-state index contributed by atoms with van der Waals surface area (Å²) < 4.78 is 0. The standard InChI is InChI=1S/C14H15BN2O2/c1-10-2-7-14(17(18)19)13(8-10)16-9-11-3-5-12(15)6-4-11/h2-8,16H,9,15H2,1H3. The maximum absolute atomic E-state index is 11.0. The predicted molar refractivity (Wildman–Crippen MR) is 79.8 cm³/mol. The maximum Gasteiger partial charge on any atom is 0.292 e. The number of nitrogens with zero attached hydrogens (tertiary/aromatic N) is 1. The van der Waals surface area contributed by atoms with Crippen molar-refractivity contribution in [2.24, 2.45) is 0 Å². The Morgan fingerprint density at radius 3 is 2.53 bits per heavy atom. The second kappa shape index (κ2) is 5.56. The molecule has 0 saturated heterocycles. The van der Waals surface area contributed by atoms with E-state index in [4.69, 9.17) is 0 Å². The summed E-state index contributed by atoms with van der Waals surface area (Å²) in [6.45, 7) is 2.49. The minimum Gasteiger partial charge on any atom is -0.375 e. The summed E-state index contributed by atoms with van der Waals surface area (Å²) in [6, 6.07) is 13.2. The van der Waals surface area contributed by atoms with Crippen LogP contribution in [0.15, 0.2) is 42.5 Å². The van der Waals surface area contributed by atoms with E-state index in [2.05, 4.69) is 5.32 Å². The van der Waals surface area contributed by atoms with E-state index in [0.29, 0.717) is 12.2 Å². The van der Waals surface area contributed by atoms with Gasteiger partial charge in [0.05, 0.1) is 4.92 Å². The van der Waals surface area contributed by atoms with Gasteiger partial charge in [-0.25, -0.2) is 0 Å². The molecule has 0 aliphatic heterocycles. The summed E-state index contributed by atoms with van der Waals surface area (Å²) in [5, 5.41) is 14.1. The number of anilines is 1. The van der Waals surface area contributed by atoms with Gasteiger partial charge in [-0.15, -0.1) is 0 Å². The second-order valence-electron chi connectivity index (χ2n) is 4.62. The second-order valence-corrected chi connectivity index (χ2v) is 4.62. The molecule has 5 heteroatoms. The molecule has 0 aromatic heterocycles. The van der Waals surface area contributed by atoms with Crippen LogP contribution >= 0.6 is 0 Å². The van der Waals surface area contributed by atoms with E-state index < -0.39 is 0 Å². The molecule has 0 unspecified atom stereocenters. The highest BCUT2D eigenvalue weighted by Crippen LogP contribution is 2.25. The number of nitro groups is 1. The zero-order chi connectivity index (χ0) is 13.8. The van der Waals surface area contributed by atoms with Gasteiger partial charge in [-0.2, -0.15) is 0 Å². The van der Waals surface area contributed by atoms with Gasteiger partial charge < -0.3 is 5.32 Å². The van der Waals surface area contributed by atoms with Gasteiger partial charge in [0.25, 0.3) is 5.69 Å². The topological polar surface area (TPSA) is 55.2 Å². The van der Waals surface area contributed by atoms with Gasteiger partial charge in [0, 0.05) is 12.6 Å². The van der Waals surface area contributed by atoms with Crippen LogP contribution in [-0.2, 0) is 6.54 Å². The molecule has 0 amide bonds. The van der Waals surface area contributed by atoms with Gasteiger partial charge in [0.2, 0.25) is 0 Å². The van der Waals surface area contributed by atoms with E-state index in [9.17, 15) is 10.1 Å². The number of aryl methyl sites for hydroxylation is 1. The molecule has 0 spiro atoms. The van der Waals surface area contributed by atoms with Crippen LogP contribution in [0.1, 0.15) is 11.1 Å². The number of rotatable bonds is 4. The van der Waals surface area contributed by atoms with Crippen molar-refractivity contribution >= 4 is 24.7 Å². The third kappa shape index (κ3) is 3.34. The van der Waals surface area contributed by atoms with E-state index >= 15 is 0 Å². The first-order valence-corrected chi connectivity index (χ1v) is 6.11. The SMILES string of the molecule is Bc1ccc(CNc2cc(C)ccc2[N+](=O)[O-])cc1. The van der Waals surface area contributed by atoms with Crippen molar-refractivity contribution in [3.05, 3.63) is 63.7 Å². The Bertz CT molecular complexity index is 597. The monoisotopic (exact) mass is 254 g/mol. The molecular weight excluding hydrogens is 239 g/mol. The van der Waals surface area contributed by atoms with Crippen LogP contribution in [0.25, 0.3) is 0 Å². The van der Waals surface area contributed by atoms with Gasteiger partial charge in [0.15, 0.2) is 0 Å². The van der Waals surface area contributed by atoms with E-state index in [1.165, 1.54) is 11.5 Å². The first-order valence-electron chi connectivity index (χ1n) is 6.11. The van der Waals surface area contributed by atoms with Gasteiger partial charge in [-0.1, -0.05) is 35.8 Å². The lowest BCUT2D eigenvalue weighted by atomic mass is 9.95. The molecule has 2 aromatic carbocycles. The quantitative estimate of drug-likeness (QED) is 0.514. The largest absolute Gasteiger partial charge is 0.375 e. The van der Waals surface area contributed by atoms with E-state index in [0.717, 1.165) is 11.1 Å². The maximum atomic E-state index is 11.0. The molecule has 0 aliphatic carbocycles. The summed E-state index contributed by atoms with van der Waals surface area (Å²) >= 11 is 0. The summed E-state index contributed by atoms with van der Waals surface area (Å²) in [6.07, 6.45) is 0. The number of nitro benzene ring substituents is 1. The lowest BCUT2D eigenvalue weighted by Gasteiger charge is -2.08. The molecule has 0 heterocycles. The highest BCUT2D eigenvalue weighted by Gasteiger charge is 2.12. The lowest BCUT2D eigenvalue weighted by molar-refractivity contribution is -0.384. The third-order valence-corrected chi connectivity index (χ3v) is 2.95. The zero-order valence-electron chi connectivity index (χ0n) is 11.0.